The third-order valence-corrected chi connectivity index (χ3v) is 5.62. The molecule has 2 N–H and O–H groups in total. The smallest absolute Gasteiger partial charge is 0.252 e. The van der Waals surface area contributed by atoms with Crippen molar-refractivity contribution in [2.45, 2.75) is 50.2 Å². The van der Waals surface area contributed by atoms with Gasteiger partial charge in [0.05, 0.1) is 5.69 Å². The zero-order valence-corrected chi connectivity index (χ0v) is 15.5. The summed E-state index contributed by atoms with van der Waals surface area (Å²) in [6, 6.07) is 12.0. The van der Waals surface area contributed by atoms with Gasteiger partial charge in [-0.3, -0.25) is 4.79 Å². The fourth-order valence-corrected chi connectivity index (χ4v) is 4.01. The van der Waals surface area contributed by atoms with E-state index in [9.17, 15) is 9.90 Å². The first-order valence-electron chi connectivity index (χ1n) is 9.81. The Morgan fingerprint density at radius 3 is 2.70 bits per heavy atom. The number of hydrogen-bond acceptors (Lipinski definition) is 5. The van der Waals surface area contributed by atoms with Crippen molar-refractivity contribution in [1.82, 2.24) is 15.3 Å². The Balaban J connectivity index is 1.40. The van der Waals surface area contributed by atoms with E-state index in [1.54, 1.807) is 6.20 Å². The lowest BCUT2D eigenvalue weighted by atomic mass is 9.84. The molecular formula is C21H26N4O2. The van der Waals surface area contributed by atoms with Gasteiger partial charge < -0.3 is 15.3 Å². The highest BCUT2D eigenvalue weighted by molar-refractivity contribution is 5.85. The number of nitrogens with one attached hydrogen (secondary N) is 1. The molecule has 4 rings (SSSR count). The standard InChI is InChI=1S/C21H26N4O2/c26-19(21(27)11-5-2-6-12-21)23-17-10-14-25(15-17)20-22-13-9-18(24-20)16-7-3-1-4-8-16/h1,3-4,7-9,13,17,27H,2,5-6,10-12,14-15H2,(H,23,26). The zero-order valence-electron chi connectivity index (χ0n) is 15.5. The van der Waals surface area contributed by atoms with Crippen LogP contribution in [0.5, 0.6) is 0 Å². The second-order valence-corrected chi connectivity index (χ2v) is 7.61. The van der Waals surface area contributed by atoms with E-state index < -0.39 is 5.60 Å². The van der Waals surface area contributed by atoms with E-state index >= 15 is 0 Å². The summed E-state index contributed by atoms with van der Waals surface area (Å²) in [6.07, 6.45) is 6.68. The summed E-state index contributed by atoms with van der Waals surface area (Å²) >= 11 is 0. The summed E-state index contributed by atoms with van der Waals surface area (Å²) in [6.45, 7) is 1.46. The average molecular weight is 366 g/mol. The predicted molar refractivity (Wildman–Crippen MR) is 104 cm³/mol. The van der Waals surface area contributed by atoms with Crippen LogP contribution in [0, 0.1) is 0 Å². The molecule has 1 aliphatic carbocycles. The molecule has 1 aromatic heterocycles. The second kappa shape index (κ2) is 7.64. The molecule has 1 unspecified atom stereocenters. The number of carbonyl (C=O) groups excluding carboxylic acids is 1. The number of benzene rings is 1. The van der Waals surface area contributed by atoms with Crippen molar-refractivity contribution < 1.29 is 9.90 Å². The van der Waals surface area contributed by atoms with Gasteiger partial charge in [0.25, 0.3) is 5.91 Å². The molecule has 1 amide bonds. The van der Waals surface area contributed by atoms with Gasteiger partial charge >= 0.3 is 0 Å². The quantitative estimate of drug-likeness (QED) is 0.869. The molecule has 27 heavy (non-hydrogen) atoms. The molecule has 2 aromatic rings. The van der Waals surface area contributed by atoms with Gasteiger partial charge in [-0.2, -0.15) is 0 Å². The highest BCUT2D eigenvalue weighted by Gasteiger charge is 2.39. The van der Waals surface area contributed by atoms with E-state index in [1.807, 2.05) is 36.4 Å². The fourth-order valence-electron chi connectivity index (χ4n) is 4.01. The van der Waals surface area contributed by atoms with Gasteiger partial charge in [-0.1, -0.05) is 49.6 Å². The number of anilines is 1. The highest BCUT2D eigenvalue weighted by Crippen LogP contribution is 2.29. The van der Waals surface area contributed by atoms with E-state index in [0.29, 0.717) is 25.3 Å². The Kier molecular flexibility index (Phi) is 5.07. The predicted octanol–water partition coefficient (Wildman–Crippen LogP) is 2.53. The zero-order chi connectivity index (χ0) is 18.7. The first kappa shape index (κ1) is 17.9. The van der Waals surface area contributed by atoms with Crippen LogP contribution in [0.2, 0.25) is 0 Å². The molecule has 6 nitrogen and oxygen atoms in total. The van der Waals surface area contributed by atoms with Gasteiger partial charge in [-0.15, -0.1) is 0 Å². The first-order chi connectivity index (χ1) is 13.1. The number of nitrogens with zero attached hydrogens (tertiary/aromatic N) is 3. The molecule has 2 aliphatic rings. The van der Waals surface area contributed by atoms with E-state index in [2.05, 4.69) is 15.2 Å². The molecule has 0 radical (unpaired) electrons. The number of carbonyl (C=O) groups is 1. The van der Waals surface area contributed by atoms with Crippen molar-refractivity contribution in [1.29, 1.82) is 0 Å². The lowest BCUT2D eigenvalue weighted by molar-refractivity contribution is -0.143. The van der Waals surface area contributed by atoms with E-state index in [1.165, 1.54) is 0 Å². The van der Waals surface area contributed by atoms with Crippen molar-refractivity contribution >= 4 is 11.9 Å². The van der Waals surface area contributed by atoms with Gasteiger partial charge in [-0.25, -0.2) is 9.97 Å². The Labute approximate surface area is 159 Å². The molecule has 2 fully saturated rings. The van der Waals surface area contributed by atoms with Crippen LogP contribution < -0.4 is 10.2 Å². The van der Waals surface area contributed by atoms with Crippen molar-refractivity contribution in [2.24, 2.45) is 0 Å². The first-order valence-corrected chi connectivity index (χ1v) is 9.81. The van der Waals surface area contributed by atoms with E-state index in [4.69, 9.17) is 4.98 Å². The van der Waals surface area contributed by atoms with Crippen molar-refractivity contribution in [3.63, 3.8) is 0 Å². The Bertz CT molecular complexity index is 790. The maximum Gasteiger partial charge on any atom is 0.252 e. The molecule has 142 valence electrons. The second-order valence-electron chi connectivity index (χ2n) is 7.61. The Hall–Kier alpha value is -2.47. The topological polar surface area (TPSA) is 78.4 Å². The molecule has 1 aromatic carbocycles. The third kappa shape index (κ3) is 3.95. The number of aromatic nitrogens is 2. The summed E-state index contributed by atoms with van der Waals surface area (Å²) in [4.78, 5) is 23.8. The average Bonchev–Trinajstić information content (AvgIpc) is 3.18. The van der Waals surface area contributed by atoms with Gasteiger partial charge in [0, 0.05) is 30.9 Å². The molecule has 1 atom stereocenters. The van der Waals surface area contributed by atoms with Gasteiger partial charge in [0.1, 0.15) is 5.60 Å². The maximum absolute atomic E-state index is 12.5. The van der Waals surface area contributed by atoms with Gasteiger partial charge in [0.2, 0.25) is 5.95 Å². The van der Waals surface area contributed by atoms with E-state index in [0.717, 1.165) is 43.5 Å². The number of rotatable bonds is 4. The number of aliphatic hydroxyl groups is 1. The summed E-state index contributed by atoms with van der Waals surface area (Å²) < 4.78 is 0. The lowest BCUT2D eigenvalue weighted by Gasteiger charge is -2.31. The number of amides is 1. The van der Waals surface area contributed by atoms with Crippen molar-refractivity contribution in [3.8, 4) is 11.3 Å². The van der Waals surface area contributed by atoms with Crippen LogP contribution in [0.1, 0.15) is 38.5 Å². The van der Waals surface area contributed by atoms with Crippen LogP contribution in [0.15, 0.2) is 42.6 Å². The highest BCUT2D eigenvalue weighted by atomic mass is 16.3. The minimum Gasteiger partial charge on any atom is -0.380 e. The summed E-state index contributed by atoms with van der Waals surface area (Å²) in [5.41, 5.74) is 0.768. The minimum atomic E-state index is -1.19. The molecule has 1 aliphatic heterocycles. The maximum atomic E-state index is 12.5. The normalized spacial score (nSPS) is 21.8. The van der Waals surface area contributed by atoms with Gasteiger partial charge in [-0.05, 0) is 25.3 Å². The fraction of sp³-hybridized carbons (Fsp3) is 0.476. The van der Waals surface area contributed by atoms with E-state index in [-0.39, 0.29) is 11.9 Å². The molecule has 1 saturated heterocycles. The molecule has 2 heterocycles. The third-order valence-electron chi connectivity index (χ3n) is 5.62. The Morgan fingerprint density at radius 2 is 1.93 bits per heavy atom. The monoisotopic (exact) mass is 366 g/mol. The van der Waals surface area contributed by atoms with Crippen LogP contribution >= 0.6 is 0 Å². The van der Waals surface area contributed by atoms with Crippen LogP contribution in [0.25, 0.3) is 11.3 Å². The summed E-state index contributed by atoms with van der Waals surface area (Å²) in [5, 5.41) is 13.6. The summed E-state index contributed by atoms with van der Waals surface area (Å²) in [5.74, 6) is 0.470. The molecule has 0 bridgehead atoms. The van der Waals surface area contributed by atoms with Crippen molar-refractivity contribution in [2.75, 3.05) is 18.0 Å². The van der Waals surface area contributed by atoms with Crippen LogP contribution in [-0.2, 0) is 4.79 Å². The largest absolute Gasteiger partial charge is 0.380 e. The lowest BCUT2D eigenvalue weighted by Crippen LogP contribution is -2.51. The van der Waals surface area contributed by atoms with Crippen LogP contribution in [0.3, 0.4) is 0 Å². The summed E-state index contributed by atoms with van der Waals surface area (Å²) in [7, 11) is 0. The Morgan fingerprint density at radius 1 is 1.15 bits per heavy atom. The molecule has 1 saturated carbocycles. The van der Waals surface area contributed by atoms with Gasteiger partial charge in [0.15, 0.2) is 0 Å². The molecular weight excluding hydrogens is 340 g/mol. The van der Waals surface area contributed by atoms with Crippen molar-refractivity contribution in [3.05, 3.63) is 42.6 Å². The SMILES string of the molecule is O=C(NC1CCN(c2nccc(-c3ccccc3)n2)C1)C1(O)CCCCC1. The molecule has 6 heteroatoms. The minimum absolute atomic E-state index is 0.0208. The number of hydrogen-bond donors (Lipinski definition) is 2. The van der Waals surface area contributed by atoms with Crippen LogP contribution in [-0.4, -0.2) is 45.7 Å². The molecule has 0 spiro atoms. The van der Waals surface area contributed by atoms with Crippen LogP contribution in [0.4, 0.5) is 5.95 Å².